The molecule has 2 saturated heterocycles. The lowest BCUT2D eigenvalue weighted by Crippen LogP contribution is -2.72. The highest BCUT2D eigenvalue weighted by Crippen LogP contribution is 2.40. The van der Waals surface area contributed by atoms with Crippen LogP contribution in [0.25, 0.3) is 0 Å². The molecular weight excluding hydrogens is 396 g/mol. The van der Waals surface area contributed by atoms with Gasteiger partial charge in [0.25, 0.3) is 5.91 Å². The number of amides is 2. The van der Waals surface area contributed by atoms with Crippen molar-refractivity contribution in [2.45, 2.75) is 75.2 Å². The zero-order valence-corrected chi connectivity index (χ0v) is 18.2. The van der Waals surface area contributed by atoms with Crippen molar-refractivity contribution in [2.75, 3.05) is 26.4 Å². The third-order valence-electron chi connectivity index (χ3n) is 7.47. The van der Waals surface area contributed by atoms with Crippen molar-refractivity contribution in [2.24, 2.45) is 0 Å². The summed E-state index contributed by atoms with van der Waals surface area (Å²) in [4.78, 5) is 27.7. The first-order chi connectivity index (χ1) is 15.1. The Bertz CT molecular complexity index is 833. The second kappa shape index (κ2) is 8.43. The fourth-order valence-corrected chi connectivity index (χ4v) is 5.86. The smallest absolute Gasteiger partial charge is 0.263 e. The van der Waals surface area contributed by atoms with E-state index in [0.29, 0.717) is 25.7 Å². The summed E-state index contributed by atoms with van der Waals surface area (Å²) in [6, 6.07) is 7.86. The molecule has 1 spiro atoms. The average molecular weight is 429 g/mol. The molecule has 1 aromatic carbocycles. The standard InChI is InChI=1S/C24H32N2O5/c1-16-23(28)26-12-4-11-24(15-29-14-22(27)25-24)21(26)13-30-18-9-7-17(8-10-18)19-5-2-3-6-20(19)31-16/h2-3,5-6,16-18,21H,4,7-15H2,1H3,(H,25,27)/t16?,17-,18+,21-,24+/m0/s1. The molecule has 1 saturated carbocycles. The normalized spacial score (nSPS) is 36.4. The number of carbonyl (C=O) groups excluding carboxylic acids is 2. The Morgan fingerprint density at radius 2 is 1.94 bits per heavy atom. The first-order valence-corrected chi connectivity index (χ1v) is 11.6. The predicted molar refractivity (Wildman–Crippen MR) is 114 cm³/mol. The van der Waals surface area contributed by atoms with Crippen LogP contribution >= 0.6 is 0 Å². The van der Waals surface area contributed by atoms with Crippen molar-refractivity contribution in [3.63, 3.8) is 0 Å². The van der Waals surface area contributed by atoms with Gasteiger partial charge in [0.15, 0.2) is 6.10 Å². The summed E-state index contributed by atoms with van der Waals surface area (Å²) in [7, 11) is 0. The highest BCUT2D eigenvalue weighted by atomic mass is 16.5. The molecule has 3 fully saturated rings. The van der Waals surface area contributed by atoms with E-state index in [1.807, 2.05) is 30.0 Å². The molecule has 1 unspecified atom stereocenters. The van der Waals surface area contributed by atoms with E-state index in [0.717, 1.165) is 44.3 Å². The Kier molecular flexibility index (Phi) is 5.65. The Balaban J connectivity index is 1.49. The molecule has 1 N–H and O–H groups in total. The number of nitrogens with one attached hydrogen (secondary N) is 1. The van der Waals surface area contributed by atoms with Crippen LogP contribution in [-0.2, 0) is 19.1 Å². The van der Waals surface area contributed by atoms with Crippen molar-refractivity contribution in [1.82, 2.24) is 10.2 Å². The van der Waals surface area contributed by atoms with Gasteiger partial charge >= 0.3 is 0 Å². The molecule has 5 aliphatic rings. The quantitative estimate of drug-likeness (QED) is 0.687. The number of benzene rings is 1. The van der Waals surface area contributed by atoms with Crippen LogP contribution in [0, 0.1) is 0 Å². The lowest BCUT2D eigenvalue weighted by molar-refractivity contribution is -0.159. The van der Waals surface area contributed by atoms with Gasteiger partial charge in [0, 0.05) is 6.54 Å². The number of rotatable bonds is 0. The molecule has 168 valence electrons. The summed E-state index contributed by atoms with van der Waals surface area (Å²) in [5.41, 5.74) is 0.595. The molecule has 2 bridgehead atoms. The number of hydrogen-bond donors (Lipinski definition) is 1. The molecule has 7 heteroatoms. The van der Waals surface area contributed by atoms with E-state index in [4.69, 9.17) is 14.2 Å². The summed E-state index contributed by atoms with van der Waals surface area (Å²) in [6.45, 7) is 3.34. The number of para-hydroxylation sites is 1. The van der Waals surface area contributed by atoms with E-state index in [-0.39, 0.29) is 30.6 Å². The Morgan fingerprint density at radius 1 is 1.13 bits per heavy atom. The molecule has 0 radical (unpaired) electrons. The highest BCUT2D eigenvalue weighted by Gasteiger charge is 2.50. The molecule has 31 heavy (non-hydrogen) atoms. The third kappa shape index (κ3) is 3.94. The molecule has 7 nitrogen and oxygen atoms in total. The molecule has 3 atom stereocenters. The molecule has 1 aromatic rings. The van der Waals surface area contributed by atoms with Gasteiger partial charge in [-0.05, 0) is 63.0 Å². The van der Waals surface area contributed by atoms with E-state index >= 15 is 0 Å². The minimum atomic E-state index is -0.614. The van der Waals surface area contributed by atoms with Crippen LogP contribution in [0.5, 0.6) is 5.75 Å². The van der Waals surface area contributed by atoms with E-state index in [1.165, 1.54) is 5.56 Å². The molecule has 0 aromatic heterocycles. The van der Waals surface area contributed by atoms with Gasteiger partial charge in [0.05, 0.1) is 30.9 Å². The maximum atomic E-state index is 13.6. The summed E-state index contributed by atoms with van der Waals surface area (Å²) in [5.74, 6) is 1.06. The molecule has 6 rings (SSSR count). The van der Waals surface area contributed by atoms with Crippen molar-refractivity contribution in [3.05, 3.63) is 29.8 Å². The van der Waals surface area contributed by atoms with Gasteiger partial charge in [-0.25, -0.2) is 0 Å². The SMILES string of the molecule is CC1Oc2ccccc2[C@H]2CC[C@H](CC2)OC[C@@H]2N(CCC[C@@]23COCC(=O)N3)C1=O. The van der Waals surface area contributed by atoms with Crippen LogP contribution in [-0.4, -0.2) is 66.9 Å². The van der Waals surface area contributed by atoms with Gasteiger partial charge in [-0.15, -0.1) is 0 Å². The molecule has 2 amide bonds. The number of hydrogen-bond acceptors (Lipinski definition) is 5. The summed E-state index contributed by atoms with van der Waals surface area (Å²) in [5, 5.41) is 3.17. The van der Waals surface area contributed by atoms with E-state index < -0.39 is 11.6 Å². The fraction of sp³-hybridized carbons (Fsp3) is 0.667. The largest absolute Gasteiger partial charge is 0.481 e. The van der Waals surface area contributed by atoms with Crippen LogP contribution in [0.2, 0.25) is 0 Å². The zero-order chi connectivity index (χ0) is 21.4. The van der Waals surface area contributed by atoms with E-state index in [1.54, 1.807) is 0 Å². The lowest BCUT2D eigenvalue weighted by atomic mass is 9.80. The summed E-state index contributed by atoms with van der Waals surface area (Å²) >= 11 is 0. The highest BCUT2D eigenvalue weighted by molar-refractivity contribution is 5.82. The van der Waals surface area contributed by atoms with Gasteiger partial charge < -0.3 is 24.4 Å². The number of ether oxygens (including phenoxy) is 3. The minimum absolute atomic E-state index is 0.0612. The Morgan fingerprint density at radius 3 is 2.74 bits per heavy atom. The van der Waals surface area contributed by atoms with Crippen molar-refractivity contribution in [1.29, 1.82) is 0 Å². The fourth-order valence-electron chi connectivity index (χ4n) is 5.86. The molecule has 1 aliphatic carbocycles. The number of nitrogens with zero attached hydrogens (tertiary/aromatic N) is 1. The molecule has 4 heterocycles. The lowest BCUT2D eigenvalue weighted by Gasteiger charge is -2.52. The monoisotopic (exact) mass is 428 g/mol. The predicted octanol–water partition coefficient (Wildman–Crippen LogP) is 2.39. The third-order valence-corrected chi connectivity index (χ3v) is 7.47. The van der Waals surface area contributed by atoms with Crippen molar-refractivity contribution >= 4 is 11.8 Å². The first-order valence-electron chi connectivity index (χ1n) is 11.6. The van der Waals surface area contributed by atoms with Gasteiger partial charge in [0.1, 0.15) is 12.4 Å². The van der Waals surface area contributed by atoms with Gasteiger partial charge in [-0.1, -0.05) is 18.2 Å². The van der Waals surface area contributed by atoms with Crippen molar-refractivity contribution < 1.29 is 23.8 Å². The zero-order valence-electron chi connectivity index (χ0n) is 18.2. The number of fused-ring (bicyclic) bond motifs is 5. The molecule has 4 aliphatic heterocycles. The Hall–Kier alpha value is -2.12. The van der Waals surface area contributed by atoms with E-state index in [9.17, 15) is 9.59 Å². The van der Waals surface area contributed by atoms with Crippen LogP contribution < -0.4 is 10.1 Å². The number of carbonyl (C=O) groups is 2. The number of piperidine rings is 1. The Labute approximate surface area is 183 Å². The van der Waals surface area contributed by atoms with Gasteiger partial charge in [0.2, 0.25) is 5.91 Å². The summed E-state index contributed by atoms with van der Waals surface area (Å²) in [6.07, 6.45) is 5.23. The van der Waals surface area contributed by atoms with Gasteiger partial charge in [-0.3, -0.25) is 9.59 Å². The van der Waals surface area contributed by atoms with Crippen LogP contribution in [0.4, 0.5) is 0 Å². The van der Waals surface area contributed by atoms with Crippen molar-refractivity contribution in [3.8, 4) is 5.75 Å². The second-order valence-corrected chi connectivity index (χ2v) is 9.45. The van der Waals surface area contributed by atoms with E-state index in [2.05, 4.69) is 11.4 Å². The maximum Gasteiger partial charge on any atom is 0.263 e. The topological polar surface area (TPSA) is 77.1 Å². The minimum Gasteiger partial charge on any atom is -0.481 e. The van der Waals surface area contributed by atoms with Crippen LogP contribution in [0.1, 0.15) is 56.9 Å². The van der Waals surface area contributed by atoms with Gasteiger partial charge in [-0.2, -0.15) is 0 Å². The average Bonchev–Trinajstić information content (AvgIpc) is 2.79. The first kappa shape index (κ1) is 20.8. The molecular formula is C24H32N2O5. The van der Waals surface area contributed by atoms with Crippen LogP contribution in [0.15, 0.2) is 24.3 Å². The summed E-state index contributed by atoms with van der Waals surface area (Å²) < 4.78 is 18.3. The van der Waals surface area contributed by atoms with Crippen LogP contribution in [0.3, 0.4) is 0 Å². The number of morpholine rings is 1. The second-order valence-electron chi connectivity index (χ2n) is 9.45. The maximum absolute atomic E-state index is 13.6.